The molecule has 0 bridgehead atoms. The Hall–Kier alpha value is -2.67. The van der Waals surface area contributed by atoms with E-state index >= 15 is 0 Å². The van der Waals surface area contributed by atoms with Gasteiger partial charge in [-0.3, -0.25) is 4.72 Å². The smallest absolute Gasteiger partial charge is 0.299 e. The summed E-state index contributed by atoms with van der Waals surface area (Å²) in [6.07, 6.45) is 1.49. The van der Waals surface area contributed by atoms with Crippen LogP contribution in [0.2, 0.25) is 0 Å². The lowest BCUT2D eigenvalue weighted by Gasteiger charge is -2.02. The van der Waals surface area contributed by atoms with Crippen molar-refractivity contribution in [3.05, 3.63) is 60.8 Å². The SMILES string of the molecule is O=S(=O)(Nc1ccccn1)c1cc(-c2ccccc2)no1. The lowest BCUT2D eigenvalue weighted by molar-refractivity contribution is 0.341. The summed E-state index contributed by atoms with van der Waals surface area (Å²) in [5.41, 5.74) is 1.23. The van der Waals surface area contributed by atoms with E-state index in [1.165, 1.54) is 12.3 Å². The molecule has 2 heterocycles. The lowest BCUT2D eigenvalue weighted by atomic mass is 10.2. The van der Waals surface area contributed by atoms with Crippen LogP contribution < -0.4 is 4.72 Å². The van der Waals surface area contributed by atoms with Crippen LogP contribution >= 0.6 is 0 Å². The summed E-state index contributed by atoms with van der Waals surface area (Å²) in [6.45, 7) is 0. The molecule has 1 N–H and O–H groups in total. The second-order valence-corrected chi connectivity index (χ2v) is 5.83. The third-order valence-corrected chi connectivity index (χ3v) is 3.93. The van der Waals surface area contributed by atoms with Gasteiger partial charge in [0.05, 0.1) is 0 Å². The number of pyridine rings is 1. The minimum absolute atomic E-state index is 0.218. The quantitative estimate of drug-likeness (QED) is 0.800. The summed E-state index contributed by atoms with van der Waals surface area (Å²) in [6, 6.07) is 15.5. The van der Waals surface area contributed by atoms with E-state index in [0.29, 0.717) is 5.69 Å². The minimum Gasteiger partial charge on any atom is -0.342 e. The highest BCUT2D eigenvalue weighted by molar-refractivity contribution is 7.92. The molecule has 0 amide bonds. The Morgan fingerprint density at radius 3 is 2.48 bits per heavy atom. The fraction of sp³-hybridized carbons (Fsp3) is 0. The molecular weight excluding hydrogens is 290 g/mol. The standard InChI is InChI=1S/C14H11N3O3S/c18-21(19,17-13-8-4-5-9-15-13)14-10-12(16-20-14)11-6-2-1-3-7-11/h1-10H,(H,15,17). The van der Waals surface area contributed by atoms with E-state index in [4.69, 9.17) is 4.52 Å². The molecule has 3 aromatic rings. The summed E-state index contributed by atoms with van der Waals surface area (Å²) in [4.78, 5) is 3.90. The van der Waals surface area contributed by atoms with Crippen LogP contribution in [0.15, 0.2) is 70.4 Å². The largest absolute Gasteiger partial charge is 0.342 e. The number of nitrogens with zero attached hydrogens (tertiary/aromatic N) is 2. The number of hydrogen-bond acceptors (Lipinski definition) is 5. The second kappa shape index (κ2) is 5.37. The number of aromatic nitrogens is 2. The van der Waals surface area contributed by atoms with Gasteiger partial charge in [-0.1, -0.05) is 41.6 Å². The van der Waals surface area contributed by atoms with Gasteiger partial charge in [0.1, 0.15) is 11.5 Å². The van der Waals surface area contributed by atoms with E-state index in [1.807, 2.05) is 30.3 Å². The molecule has 106 valence electrons. The molecule has 0 spiro atoms. The van der Waals surface area contributed by atoms with Crippen LogP contribution in [0.4, 0.5) is 5.82 Å². The number of hydrogen-bond donors (Lipinski definition) is 1. The fourth-order valence-corrected chi connectivity index (χ4v) is 2.64. The molecular formula is C14H11N3O3S. The maximum Gasteiger partial charge on any atom is 0.299 e. The molecule has 0 saturated carbocycles. The number of anilines is 1. The Balaban J connectivity index is 1.89. The zero-order valence-corrected chi connectivity index (χ0v) is 11.6. The predicted octanol–water partition coefficient (Wildman–Crippen LogP) is 2.54. The van der Waals surface area contributed by atoms with Crippen molar-refractivity contribution in [2.24, 2.45) is 0 Å². The van der Waals surface area contributed by atoms with Gasteiger partial charge in [0, 0.05) is 17.8 Å². The van der Waals surface area contributed by atoms with Crippen LogP contribution in [0.5, 0.6) is 0 Å². The maximum atomic E-state index is 12.2. The Bertz CT molecular complexity index is 830. The highest BCUT2D eigenvalue weighted by atomic mass is 32.2. The van der Waals surface area contributed by atoms with Gasteiger partial charge in [0.25, 0.3) is 15.1 Å². The summed E-state index contributed by atoms with van der Waals surface area (Å²) >= 11 is 0. The second-order valence-electron chi connectivity index (χ2n) is 4.22. The molecule has 0 unspecified atom stereocenters. The van der Waals surface area contributed by atoms with E-state index in [9.17, 15) is 8.42 Å². The van der Waals surface area contributed by atoms with Crippen molar-refractivity contribution in [3.63, 3.8) is 0 Å². The average Bonchev–Trinajstić information content (AvgIpc) is 2.99. The third kappa shape index (κ3) is 2.92. The van der Waals surface area contributed by atoms with Gasteiger partial charge >= 0.3 is 0 Å². The number of benzene rings is 1. The van der Waals surface area contributed by atoms with Crippen LogP contribution in [-0.2, 0) is 10.0 Å². The highest BCUT2D eigenvalue weighted by Gasteiger charge is 2.21. The number of nitrogens with one attached hydrogen (secondary N) is 1. The topological polar surface area (TPSA) is 85.1 Å². The molecule has 0 atom stereocenters. The zero-order chi connectivity index (χ0) is 14.7. The molecule has 2 aromatic heterocycles. The zero-order valence-electron chi connectivity index (χ0n) is 10.8. The van der Waals surface area contributed by atoms with E-state index < -0.39 is 10.0 Å². The van der Waals surface area contributed by atoms with Crippen molar-refractivity contribution in [1.29, 1.82) is 0 Å². The Kier molecular flexibility index (Phi) is 3.41. The van der Waals surface area contributed by atoms with Crippen molar-refractivity contribution >= 4 is 15.8 Å². The Morgan fingerprint density at radius 1 is 1.00 bits per heavy atom. The third-order valence-electron chi connectivity index (χ3n) is 2.73. The van der Waals surface area contributed by atoms with Crippen molar-refractivity contribution < 1.29 is 12.9 Å². The molecule has 0 radical (unpaired) electrons. The average molecular weight is 301 g/mol. The first-order chi connectivity index (χ1) is 10.1. The molecule has 21 heavy (non-hydrogen) atoms. The highest BCUT2D eigenvalue weighted by Crippen LogP contribution is 2.22. The molecule has 0 saturated heterocycles. The van der Waals surface area contributed by atoms with Crippen molar-refractivity contribution in [2.45, 2.75) is 5.09 Å². The van der Waals surface area contributed by atoms with Gasteiger partial charge in [-0.25, -0.2) is 4.98 Å². The fourth-order valence-electron chi connectivity index (χ4n) is 1.74. The van der Waals surface area contributed by atoms with E-state index in [-0.39, 0.29) is 10.9 Å². The van der Waals surface area contributed by atoms with Gasteiger partial charge in [-0.05, 0) is 12.1 Å². The van der Waals surface area contributed by atoms with Gasteiger partial charge in [-0.15, -0.1) is 0 Å². The van der Waals surface area contributed by atoms with Gasteiger partial charge < -0.3 is 4.52 Å². The summed E-state index contributed by atoms with van der Waals surface area (Å²) in [5, 5.41) is 3.52. The maximum absolute atomic E-state index is 12.2. The molecule has 7 heteroatoms. The summed E-state index contributed by atoms with van der Waals surface area (Å²) < 4.78 is 31.6. The monoisotopic (exact) mass is 301 g/mol. The Morgan fingerprint density at radius 2 is 1.76 bits per heavy atom. The number of rotatable bonds is 4. The molecule has 0 aliphatic heterocycles. The molecule has 6 nitrogen and oxygen atoms in total. The number of sulfonamides is 1. The van der Waals surface area contributed by atoms with E-state index in [0.717, 1.165) is 5.56 Å². The lowest BCUT2D eigenvalue weighted by Crippen LogP contribution is -2.12. The van der Waals surface area contributed by atoms with Crippen molar-refractivity contribution in [2.75, 3.05) is 4.72 Å². The van der Waals surface area contributed by atoms with Crippen LogP contribution in [0, 0.1) is 0 Å². The van der Waals surface area contributed by atoms with Crippen LogP contribution in [0.25, 0.3) is 11.3 Å². The van der Waals surface area contributed by atoms with Crippen LogP contribution in [0.3, 0.4) is 0 Å². The van der Waals surface area contributed by atoms with Crippen molar-refractivity contribution in [1.82, 2.24) is 10.1 Å². The molecule has 1 aromatic carbocycles. The van der Waals surface area contributed by atoms with E-state index in [1.54, 1.807) is 18.2 Å². The molecule has 3 rings (SSSR count). The van der Waals surface area contributed by atoms with Crippen molar-refractivity contribution in [3.8, 4) is 11.3 Å². The first-order valence-corrected chi connectivity index (χ1v) is 7.59. The van der Waals surface area contributed by atoms with E-state index in [2.05, 4.69) is 14.9 Å². The first-order valence-electron chi connectivity index (χ1n) is 6.11. The molecule has 0 aliphatic carbocycles. The van der Waals surface area contributed by atoms with Gasteiger partial charge in [0.15, 0.2) is 0 Å². The predicted molar refractivity (Wildman–Crippen MR) is 77.0 cm³/mol. The van der Waals surface area contributed by atoms with Crippen LogP contribution in [-0.4, -0.2) is 18.6 Å². The Labute approximate surface area is 121 Å². The molecule has 0 aliphatic rings. The molecule has 0 fully saturated rings. The van der Waals surface area contributed by atoms with Gasteiger partial charge in [-0.2, -0.15) is 8.42 Å². The minimum atomic E-state index is -3.84. The normalized spacial score (nSPS) is 11.2. The first kappa shape index (κ1) is 13.3. The van der Waals surface area contributed by atoms with Crippen LogP contribution in [0.1, 0.15) is 0 Å². The summed E-state index contributed by atoms with van der Waals surface area (Å²) in [7, 11) is -3.84. The summed E-state index contributed by atoms with van der Waals surface area (Å²) in [5.74, 6) is 0.218. The van der Waals surface area contributed by atoms with Gasteiger partial charge in [0.2, 0.25) is 0 Å².